The van der Waals surface area contributed by atoms with E-state index >= 15 is 0 Å². The molecule has 0 unspecified atom stereocenters. The maximum atomic E-state index is 12.1. The van der Waals surface area contributed by atoms with Crippen LogP contribution in [0.3, 0.4) is 0 Å². The molecule has 1 aromatic carbocycles. The van der Waals surface area contributed by atoms with Gasteiger partial charge in [-0.25, -0.2) is 13.8 Å². The third-order valence-electron chi connectivity index (χ3n) is 3.34. The molecule has 1 amide bonds. The lowest BCUT2D eigenvalue weighted by Gasteiger charge is -2.12. The molecule has 1 aromatic heterocycles. The minimum Gasteiger partial charge on any atom is -0.267 e. The summed E-state index contributed by atoms with van der Waals surface area (Å²) in [5, 5.41) is 4.08. The Morgan fingerprint density at radius 3 is 2.62 bits per heavy atom. The average molecular weight is 306 g/mol. The van der Waals surface area contributed by atoms with Crippen molar-refractivity contribution >= 4 is 15.9 Å². The van der Waals surface area contributed by atoms with E-state index in [1.165, 1.54) is 15.4 Å². The van der Waals surface area contributed by atoms with Crippen molar-refractivity contribution in [1.29, 1.82) is 0 Å². The normalized spacial score (nSPS) is 14.9. The van der Waals surface area contributed by atoms with Gasteiger partial charge >= 0.3 is 0 Å². The van der Waals surface area contributed by atoms with Crippen LogP contribution < -0.4 is 5.43 Å². The van der Waals surface area contributed by atoms with Gasteiger partial charge in [0.05, 0.1) is 24.7 Å². The molecule has 2 heterocycles. The minimum absolute atomic E-state index is 0.212. The first-order chi connectivity index (χ1) is 9.95. The molecule has 0 saturated carbocycles. The van der Waals surface area contributed by atoms with Crippen molar-refractivity contribution in [1.82, 2.24) is 14.2 Å². The summed E-state index contributed by atoms with van der Waals surface area (Å²) >= 11 is 0. The number of carbonyl (C=O) groups is 1. The van der Waals surface area contributed by atoms with Crippen LogP contribution in [0.1, 0.15) is 21.6 Å². The van der Waals surface area contributed by atoms with Gasteiger partial charge in [-0.1, -0.05) is 18.2 Å². The molecule has 3 rings (SSSR count). The summed E-state index contributed by atoms with van der Waals surface area (Å²) in [6.45, 7) is 0.499. The number of hydrogen-bond acceptors (Lipinski definition) is 4. The molecule has 8 heteroatoms. The second-order valence-electron chi connectivity index (χ2n) is 4.87. The fraction of sp³-hybridized carbons (Fsp3) is 0.231. The van der Waals surface area contributed by atoms with E-state index in [2.05, 4.69) is 10.5 Å². The number of nitrogens with one attached hydrogen (secondary N) is 1. The van der Waals surface area contributed by atoms with Gasteiger partial charge in [0, 0.05) is 17.7 Å². The van der Waals surface area contributed by atoms with Crippen LogP contribution in [-0.2, 0) is 23.1 Å². The Morgan fingerprint density at radius 1 is 1.24 bits per heavy atom. The van der Waals surface area contributed by atoms with Crippen LogP contribution in [0.5, 0.6) is 0 Å². The number of sulfonamides is 1. The highest BCUT2D eigenvalue weighted by atomic mass is 32.2. The van der Waals surface area contributed by atoms with Crippen LogP contribution in [0, 0.1) is 0 Å². The molecule has 0 radical (unpaired) electrons. The van der Waals surface area contributed by atoms with Gasteiger partial charge in [-0.2, -0.15) is 14.2 Å². The summed E-state index contributed by atoms with van der Waals surface area (Å²) in [6, 6.07) is 8.76. The Bertz CT molecular complexity index is 783. The minimum atomic E-state index is -3.26. The van der Waals surface area contributed by atoms with Crippen LogP contribution in [0.15, 0.2) is 36.5 Å². The van der Waals surface area contributed by atoms with E-state index < -0.39 is 10.0 Å². The molecule has 7 nitrogen and oxygen atoms in total. The second-order valence-corrected chi connectivity index (χ2v) is 6.85. The molecule has 1 aliphatic heterocycles. The molecule has 21 heavy (non-hydrogen) atoms. The van der Waals surface area contributed by atoms with Crippen molar-refractivity contribution in [3.05, 3.63) is 53.3 Å². The molecule has 1 aliphatic rings. The van der Waals surface area contributed by atoms with Crippen molar-refractivity contribution in [2.45, 2.75) is 13.1 Å². The zero-order valence-corrected chi connectivity index (χ0v) is 12.2. The third kappa shape index (κ3) is 2.67. The van der Waals surface area contributed by atoms with E-state index in [4.69, 9.17) is 0 Å². The lowest BCUT2D eigenvalue weighted by molar-refractivity contribution is 0.100. The first-order valence-corrected chi connectivity index (χ1v) is 8.17. The van der Waals surface area contributed by atoms with Gasteiger partial charge < -0.3 is 0 Å². The van der Waals surface area contributed by atoms with Crippen molar-refractivity contribution in [2.75, 3.05) is 11.7 Å². The third-order valence-corrected chi connectivity index (χ3v) is 4.54. The molecule has 2 aromatic rings. The quantitative estimate of drug-likeness (QED) is 0.897. The van der Waals surface area contributed by atoms with Crippen LogP contribution >= 0.6 is 0 Å². The highest BCUT2D eigenvalue weighted by Crippen LogP contribution is 2.23. The Morgan fingerprint density at radius 2 is 1.95 bits per heavy atom. The molecule has 0 fully saturated rings. The van der Waals surface area contributed by atoms with Crippen LogP contribution in [0.4, 0.5) is 0 Å². The highest BCUT2D eigenvalue weighted by Gasteiger charge is 2.29. The van der Waals surface area contributed by atoms with Gasteiger partial charge in [-0.3, -0.25) is 4.79 Å². The molecule has 0 bridgehead atoms. The van der Waals surface area contributed by atoms with E-state index in [0.29, 0.717) is 11.3 Å². The fourth-order valence-electron chi connectivity index (χ4n) is 2.20. The standard InChI is InChI=1S/C13H14N4O3S/c1-21(19,20)16-8-11-7-14-17(12(11)9-16)15-13(18)10-5-3-2-4-6-10/h2-7H,8-9H2,1H3,(H,15,18). The maximum absolute atomic E-state index is 12.1. The van der Waals surface area contributed by atoms with E-state index in [0.717, 1.165) is 5.56 Å². The zero-order chi connectivity index (χ0) is 15.0. The van der Waals surface area contributed by atoms with E-state index in [1.54, 1.807) is 30.5 Å². The number of amides is 1. The molecule has 1 N–H and O–H groups in total. The van der Waals surface area contributed by atoms with Crippen molar-refractivity contribution in [2.24, 2.45) is 0 Å². The summed E-state index contributed by atoms with van der Waals surface area (Å²) in [6.07, 6.45) is 2.74. The van der Waals surface area contributed by atoms with Crippen molar-refractivity contribution in [3.63, 3.8) is 0 Å². The fourth-order valence-corrected chi connectivity index (χ4v) is 2.93. The molecule has 110 valence electrons. The number of rotatable bonds is 3. The van der Waals surface area contributed by atoms with E-state index in [1.807, 2.05) is 6.07 Å². The number of nitrogens with zero attached hydrogens (tertiary/aromatic N) is 3. The predicted molar refractivity (Wildman–Crippen MR) is 76.5 cm³/mol. The van der Waals surface area contributed by atoms with Crippen LogP contribution in [0.2, 0.25) is 0 Å². The predicted octanol–water partition coefficient (Wildman–Crippen LogP) is 0.542. The van der Waals surface area contributed by atoms with Crippen molar-refractivity contribution < 1.29 is 13.2 Å². The van der Waals surface area contributed by atoms with Crippen molar-refractivity contribution in [3.8, 4) is 0 Å². The number of aromatic nitrogens is 2. The summed E-state index contributed by atoms with van der Waals surface area (Å²) in [5.74, 6) is -0.292. The van der Waals surface area contributed by atoms with Crippen LogP contribution in [-0.4, -0.2) is 34.8 Å². The van der Waals surface area contributed by atoms with Gasteiger partial charge in [0.2, 0.25) is 10.0 Å². The summed E-state index contributed by atoms with van der Waals surface area (Å²) < 4.78 is 24.5. The Kier molecular flexibility index (Phi) is 3.26. The van der Waals surface area contributed by atoms with Gasteiger partial charge in [0.25, 0.3) is 5.91 Å². The first-order valence-electron chi connectivity index (χ1n) is 6.32. The van der Waals surface area contributed by atoms with E-state index in [9.17, 15) is 13.2 Å². The Hall–Kier alpha value is -2.19. The number of carbonyl (C=O) groups excluding carboxylic acids is 1. The highest BCUT2D eigenvalue weighted by molar-refractivity contribution is 7.88. The van der Waals surface area contributed by atoms with Crippen LogP contribution in [0.25, 0.3) is 0 Å². The summed E-state index contributed by atoms with van der Waals surface area (Å²) in [5.41, 5.74) is 4.65. The monoisotopic (exact) mass is 306 g/mol. The summed E-state index contributed by atoms with van der Waals surface area (Å²) in [7, 11) is -3.26. The Labute approximate surface area is 122 Å². The van der Waals surface area contributed by atoms with E-state index in [-0.39, 0.29) is 19.0 Å². The maximum Gasteiger partial charge on any atom is 0.271 e. The molecule has 0 aliphatic carbocycles. The number of fused-ring (bicyclic) bond motifs is 1. The lowest BCUT2D eigenvalue weighted by Crippen LogP contribution is -2.28. The van der Waals surface area contributed by atoms with Gasteiger partial charge in [0.1, 0.15) is 0 Å². The number of hydrogen-bond donors (Lipinski definition) is 1. The average Bonchev–Trinajstić information content (AvgIpc) is 3.01. The van der Waals surface area contributed by atoms with Gasteiger partial charge in [-0.15, -0.1) is 0 Å². The first kappa shape index (κ1) is 13.8. The molecular weight excluding hydrogens is 292 g/mol. The topological polar surface area (TPSA) is 84.3 Å². The lowest BCUT2D eigenvalue weighted by atomic mass is 10.2. The zero-order valence-electron chi connectivity index (χ0n) is 11.4. The van der Waals surface area contributed by atoms with Gasteiger partial charge in [-0.05, 0) is 12.1 Å². The molecule has 0 saturated heterocycles. The largest absolute Gasteiger partial charge is 0.271 e. The van der Waals surface area contributed by atoms with Gasteiger partial charge in [0.15, 0.2) is 0 Å². The molecule has 0 spiro atoms. The molecule has 0 atom stereocenters. The SMILES string of the molecule is CS(=O)(=O)N1Cc2cnn(NC(=O)c3ccccc3)c2C1. The second kappa shape index (κ2) is 4.97. The molecular formula is C13H14N4O3S. The Balaban J connectivity index is 1.80. The summed E-state index contributed by atoms with van der Waals surface area (Å²) in [4.78, 5) is 13.4. The number of benzene rings is 1. The smallest absolute Gasteiger partial charge is 0.267 e.